The normalized spacial score (nSPS) is 29.6. The van der Waals surface area contributed by atoms with Crippen LogP contribution in [0, 0.1) is 11.8 Å². The maximum Gasteiger partial charge on any atom is 0.255 e. The van der Waals surface area contributed by atoms with Crippen LogP contribution in [0.4, 0.5) is 5.69 Å². The van der Waals surface area contributed by atoms with Crippen LogP contribution in [0.15, 0.2) is 78.9 Å². The van der Waals surface area contributed by atoms with Gasteiger partial charge in [-0.2, -0.15) is 0 Å². The second kappa shape index (κ2) is 7.76. The van der Waals surface area contributed by atoms with Crippen molar-refractivity contribution >= 4 is 11.6 Å². The van der Waals surface area contributed by atoms with Crippen LogP contribution in [0.3, 0.4) is 0 Å². The first-order chi connectivity index (χ1) is 16.1. The summed E-state index contributed by atoms with van der Waals surface area (Å²) in [5.74, 6) is 2.32. The monoisotopic (exact) mass is 437 g/mol. The Hall–Kier alpha value is -3.07. The summed E-state index contributed by atoms with van der Waals surface area (Å²) in [5, 5.41) is 3.05. The molecular formula is C30H31NO2. The highest BCUT2D eigenvalue weighted by Gasteiger charge is 2.58. The molecule has 0 heterocycles. The molecule has 4 aliphatic carbocycles. The Bertz CT molecular complexity index is 1140. The number of amides is 1. The first kappa shape index (κ1) is 20.5. The van der Waals surface area contributed by atoms with E-state index in [1.165, 1.54) is 44.1 Å². The van der Waals surface area contributed by atoms with Crippen LogP contribution in [0.25, 0.3) is 0 Å². The molecule has 0 saturated heterocycles. The van der Waals surface area contributed by atoms with E-state index in [2.05, 4.69) is 59.9 Å². The summed E-state index contributed by atoms with van der Waals surface area (Å²) in [4.78, 5) is 12.7. The number of hydrogen-bond acceptors (Lipinski definition) is 2. The van der Waals surface area contributed by atoms with E-state index < -0.39 is 0 Å². The highest BCUT2D eigenvalue weighted by atomic mass is 16.5. The van der Waals surface area contributed by atoms with Gasteiger partial charge >= 0.3 is 0 Å². The summed E-state index contributed by atoms with van der Waals surface area (Å²) in [6, 6.07) is 27.2. The zero-order valence-corrected chi connectivity index (χ0v) is 19.2. The highest BCUT2D eigenvalue weighted by Crippen LogP contribution is 2.66. The summed E-state index contributed by atoms with van der Waals surface area (Å²) >= 11 is 0. The molecule has 168 valence electrons. The molecule has 2 unspecified atom stereocenters. The fourth-order valence-electron chi connectivity index (χ4n) is 7.58. The number of anilines is 1. The van der Waals surface area contributed by atoms with Crippen LogP contribution in [-0.4, -0.2) is 13.0 Å². The van der Waals surface area contributed by atoms with E-state index in [0.29, 0.717) is 11.0 Å². The Kier molecular flexibility index (Phi) is 4.83. The van der Waals surface area contributed by atoms with Gasteiger partial charge in [-0.3, -0.25) is 4.79 Å². The van der Waals surface area contributed by atoms with Gasteiger partial charge in [-0.15, -0.1) is 0 Å². The molecule has 1 N–H and O–H groups in total. The fourth-order valence-corrected chi connectivity index (χ4v) is 7.58. The molecule has 0 spiro atoms. The first-order valence-electron chi connectivity index (χ1n) is 12.2. The topological polar surface area (TPSA) is 38.3 Å². The quantitative estimate of drug-likeness (QED) is 0.480. The summed E-state index contributed by atoms with van der Waals surface area (Å²) in [5.41, 5.74) is 5.10. The van der Waals surface area contributed by atoms with E-state index >= 15 is 0 Å². The lowest BCUT2D eigenvalue weighted by Gasteiger charge is -2.62. The number of rotatable bonds is 5. The minimum absolute atomic E-state index is 0.0942. The summed E-state index contributed by atoms with van der Waals surface area (Å²) in [7, 11) is 1.63. The zero-order valence-electron chi connectivity index (χ0n) is 19.2. The summed E-state index contributed by atoms with van der Waals surface area (Å²) in [6.45, 7) is 0. The molecular weight excluding hydrogens is 406 g/mol. The van der Waals surface area contributed by atoms with Crippen molar-refractivity contribution in [3.05, 3.63) is 95.6 Å². The van der Waals surface area contributed by atoms with E-state index in [1.807, 2.05) is 12.1 Å². The molecule has 33 heavy (non-hydrogen) atoms. The van der Waals surface area contributed by atoms with Gasteiger partial charge in [0.1, 0.15) is 5.75 Å². The average Bonchev–Trinajstić information content (AvgIpc) is 2.84. The summed E-state index contributed by atoms with van der Waals surface area (Å²) in [6.07, 6.45) is 8.00. The third kappa shape index (κ3) is 3.55. The number of benzene rings is 3. The molecule has 7 rings (SSSR count). The minimum atomic E-state index is -0.0942. The Morgan fingerprint density at radius 2 is 1.36 bits per heavy atom. The standard InChI is InChI=1S/C30H31NO2/c1-33-27-13-7-23(8-14-27)28(32)31-26-11-9-25(10-12-26)30-18-21-15-22(19-30)17-29(16-21,20-30)24-5-3-2-4-6-24/h2-14,21-22H,15-20H2,1H3,(H,31,32). The van der Waals surface area contributed by atoms with Crippen molar-refractivity contribution in [1.29, 1.82) is 0 Å². The van der Waals surface area contributed by atoms with Crippen molar-refractivity contribution in [2.75, 3.05) is 12.4 Å². The van der Waals surface area contributed by atoms with Crippen LogP contribution in [0.1, 0.15) is 60.0 Å². The Morgan fingerprint density at radius 3 is 1.94 bits per heavy atom. The SMILES string of the molecule is COc1ccc(C(=O)Nc2ccc(C34CC5CC(CC(c6ccccc6)(C5)C3)C4)cc2)cc1. The third-order valence-corrected chi connectivity index (χ3v) is 8.55. The van der Waals surface area contributed by atoms with Gasteiger partial charge in [-0.1, -0.05) is 42.5 Å². The average molecular weight is 438 g/mol. The number of methoxy groups -OCH3 is 1. The highest BCUT2D eigenvalue weighted by molar-refractivity contribution is 6.04. The molecule has 0 aromatic heterocycles. The van der Waals surface area contributed by atoms with Crippen molar-refractivity contribution in [3.8, 4) is 5.75 Å². The van der Waals surface area contributed by atoms with Gasteiger partial charge in [0.25, 0.3) is 5.91 Å². The van der Waals surface area contributed by atoms with Crippen molar-refractivity contribution in [2.45, 2.75) is 49.4 Å². The van der Waals surface area contributed by atoms with E-state index in [-0.39, 0.29) is 11.3 Å². The van der Waals surface area contributed by atoms with Crippen molar-refractivity contribution < 1.29 is 9.53 Å². The fraction of sp³-hybridized carbons (Fsp3) is 0.367. The van der Waals surface area contributed by atoms with Gasteiger partial charge in [0.15, 0.2) is 0 Å². The summed E-state index contributed by atoms with van der Waals surface area (Å²) < 4.78 is 5.18. The van der Waals surface area contributed by atoms with Gasteiger partial charge in [-0.25, -0.2) is 0 Å². The lowest BCUT2D eigenvalue weighted by Crippen LogP contribution is -2.55. The number of carbonyl (C=O) groups excluding carboxylic acids is 1. The van der Waals surface area contributed by atoms with Crippen molar-refractivity contribution in [3.63, 3.8) is 0 Å². The Balaban J connectivity index is 1.24. The molecule has 3 heteroatoms. The first-order valence-corrected chi connectivity index (χ1v) is 12.2. The number of carbonyl (C=O) groups is 1. The van der Waals surface area contributed by atoms with Crippen LogP contribution < -0.4 is 10.1 Å². The number of ether oxygens (including phenoxy) is 1. The maximum atomic E-state index is 12.7. The zero-order chi connectivity index (χ0) is 22.5. The lowest BCUT2D eigenvalue weighted by atomic mass is 9.42. The largest absolute Gasteiger partial charge is 0.497 e. The number of nitrogens with one attached hydrogen (secondary N) is 1. The van der Waals surface area contributed by atoms with E-state index in [4.69, 9.17) is 4.74 Å². The third-order valence-electron chi connectivity index (χ3n) is 8.55. The molecule has 3 aromatic rings. The molecule has 2 atom stereocenters. The van der Waals surface area contributed by atoms with E-state index in [0.717, 1.165) is 23.3 Å². The second-order valence-electron chi connectivity index (χ2n) is 10.6. The van der Waals surface area contributed by atoms with Crippen molar-refractivity contribution in [2.24, 2.45) is 11.8 Å². The van der Waals surface area contributed by atoms with Crippen LogP contribution in [0.5, 0.6) is 5.75 Å². The molecule has 4 fully saturated rings. The molecule has 3 nitrogen and oxygen atoms in total. The van der Waals surface area contributed by atoms with E-state index in [1.54, 1.807) is 24.8 Å². The van der Waals surface area contributed by atoms with Gasteiger partial charge in [0.05, 0.1) is 7.11 Å². The lowest BCUT2D eigenvalue weighted by molar-refractivity contribution is -0.0281. The Morgan fingerprint density at radius 1 is 0.788 bits per heavy atom. The van der Waals surface area contributed by atoms with Gasteiger partial charge in [0, 0.05) is 11.3 Å². The maximum absolute atomic E-state index is 12.7. The van der Waals surface area contributed by atoms with Crippen LogP contribution >= 0.6 is 0 Å². The van der Waals surface area contributed by atoms with Crippen molar-refractivity contribution in [1.82, 2.24) is 0 Å². The predicted octanol–water partition coefficient (Wildman–Crippen LogP) is 6.74. The molecule has 4 bridgehead atoms. The number of hydrogen-bond donors (Lipinski definition) is 1. The molecule has 1 amide bonds. The van der Waals surface area contributed by atoms with E-state index in [9.17, 15) is 4.79 Å². The predicted molar refractivity (Wildman–Crippen MR) is 132 cm³/mol. The second-order valence-corrected chi connectivity index (χ2v) is 10.6. The molecule has 4 saturated carbocycles. The molecule has 4 aliphatic rings. The van der Waals surface area contributed by atoms with Gasteiger partial charge in [-0.05, 0) is 109 Å². The van der Waals surface area contributed by atoms with Crippen LogP contribution in [-0.2, 0) is 10.8 Å². The molecule has 0 radical (unpaired) electrons. The van der Waals surface area contributed by atoms with Gasteiger partial charge in [0.2, 0.25) is 0 Å². The van der Waals surface area contributed by atoms with Crippen LogP contribution in [0.2, 0.25) is 0 Å². The Labute approximate surface area is 196 Å². The smallest absolute Gasteiger partial charge is 0.255 e. The van der Waals surface area contributed by atoms with Gasteiger partial charge < -0.3 is 10.1 Å². The molecule has 3 aromatic carbocycles. The minimum Gasteiger partial charge on any atom is -0.497 e. The molecule has 0 aliphatic heterocycles.